The van der Waals surface area contributed by atoms with Gasteiger partial charge in [-0.1, -0.05) is 6.07 Å². The predicted octanol–water partition coefficient (Wildman–Crippen LogP) is 2.21. The molecule has 0 saturated carbocycles. The third-order valence-electron chi connectivity index (χ3n) is 3.29. The van der Waals surface area contributed by atoms with E-state index in [9.17, 15) is 5.26 Å². The van der Waals surface area contributed by atoms with Crippen molar-refractivity contribution in [3.05, 3.63) is 53.9 Å². The lowest BCUT2D eigenvalue weighted by molar-refractivity contribution is 0.171. The maximum absolute atomic E-state index is 9.36. The molecule has 1 aromatic heterocycles. The number of hydrogen-bond acceptors (Lipinski definition) is 5. The minimum absolute atomic E-state index is 0.394. The van der Waals surface area contributed by atoms with Crippen LogP contribution in [-0.4, -0.2) is 18.2 Å². The molecule has 1 N–H and O–H groups in total. The van der Waals surface area contributed by atoms with E-state index in [1.807, 2.05) is 30.3 Å². The Morgan fingerprint density at radius 1 is 1.14 bits per heavy atom. The zero-order valence-corrected chi connectivity index (χ0v) is 11.5. The largest absolute Gasteiger partial charge is 0.486 e. The number of benzene rings is 1. The highest BCUT2D eigenvalue weighted by atomic mass is 16.6. The van der Waals surface area contributed by atoms with E-state index >= 15 is 0 Å². The second kappa shape index (κ2) is 6.25. The van der Waals surface area contributed by atoms with Gasteiger partial charge < -0.3 is 9.47 Å². The van der Waals surface area contributed by atoms with Crippen molar-refractivity contribution in [2.75, 3.05) is 13.2 Å². The van der Waals surface area contributed by atoms with Gasteiger partial charge in [-0.3, -0.25) is 10.3 Å². The molecular weight excluding hydrogens is 266 g/mol. The number of rotatable bonds is 4. The fraction of sp³-hybridized carbons (Fsp3) is 0.250. The summed E-state index contributed by atoms with van der Waals surface area (Å²) in [6, 6.07) is 11.3. The normalized spacial score (nSPS) is 14.2. The summed E-state index contributed by atoms with van der Waals surface area (Å²) in [5.74, 6) is 1.43. The number of nitrogens with one attached hydrogen (secondary N) is 1. The fourth-order valence-corrected chi connectivity index (χ4v) is 2.20. The van der Waals surface area contributed by atoms with Crippen LogP contribution in [0.15, 0.2) is 42.7 Å². The van der Waals surface area contributed by atoms with Gasteiger partial charge in [-0.25, -0.2) is 0 Å². The highest BCUT2D eigenvalue weighted by Gasteiger charge is 2.16. The van der Waals surface area contributed by atoms with Gasteiger partial charge in [0.05, 0.1) is 6.07 Å². The Labute approximate surface area is 123 Å². The van der Waals surface area contributed by atoms with Gasteiger partial charge in [0.25, 0.3) is 0 Å². The molecule has 2 aromatic rings. The van der Waals surface area contributed by atoms with Crippen molar-refractivity contribution in [2.24, 2.45) is 0 Å². The number of hydrogen-bond donors (Lipinski definition) is 1. The molecule has 106 valence electrons. The maximum Gasteiger partial charge on any atom is 0.161 e. The number of pyridine rings is 1. The van der Waals surface area contributed by atoms with E-state index in [1.165, 1.54) is 0 Å². The molecule has 2 heterocycles. The van der Waals surface area contributed by atoms with E-state index in [0.717, 1.165) is 16.9 Å². The molecule has 21 heavy (non-hydrogen) atoms. The van der Waals surface area contributed by atoms with Gasteiger partial charge >= 0.3 is 0 Å². The van der Waals surface area contributed by atoms with E-state index in [2.05, 4.69) is 16.4 Å². The van der Waals surface area contributed by atoms with Crippen LogP contribution in [0.5, 0.6) is 11.5 Å². The third-order valence-corrected chi connectivity index (χ3v) is 3.29. The number of aromatic nitrogens is 1. The standard InChI is InChI=1S/C16H15N3O2/c17-10-14(19-11-12-3-5-18-6-4-12)13-1-2-15-16(9-13)21-8-7-20-15/h1-6,9,14,19H,7-8,11H2. The smallest absolute Gasteiger partial charge is 0.161 e. The van der Waals surface area contributed by atoms with Gasteiger partial charge in [-0.2, -0.15) is 5.26 Å². The van der Waals surface area contributed by atoms with Crippen LogP contribution in [0, 0.1) is 11.3 Å². The van der Waals surface area contributed by atoms with Crippen LogP contribution < -0.4 is 14.8 Å². The third kappa shape index (κ3) is 3.12. The summed E-state index contributed by atoms with van der Waals surface area (Å²) in [7, 11) is 0. The molecule has 1 aliphatic rings. The summed E-state index contributed by atoms with van der Waals surface area (Å²) in [5.41, 5.74) is 1.96. The summed E-state index contributed by atoms with van der Waals surface area (Å²) in [4.78, 5) is 3.98. The van der Waals surface area contributed by atoms with Gasteiger partial charge in [-0.05, 0) is 35.4 Å². The Hall–Kier alpha value is -2.58. The Kier molecular flexibility index (Phi) is 3.99. The van der Waals surface area contributed by atoms with E-state index < -0.39 is 6.04 Å². The average molecular weight is 281 g/mol. The molecule has 5 heteroatoms. The lowest BCUT2D eigenvalue weighted by atomic mass is 10.1. The van der Waals surface area contributed by atoms with Crippen molar-refractivity contribution >= 4 is 0 Å². The summed E-state index contributed by atoms with van der Waals surface area (Å²) < 4.78 is 11.0. The summed E-state index contributed by atoms with van der Waals surface area (Å²) in [5, 5.41) is 12.6. The first-order valence-electron chi connectivity index (χ1n) is 6.78. The Balaban J connectivity index is 1.73. The molecule has 1 aromatic carbocycles. The van der Waals surface area contributed by atoms with Crippen LogP contribution in [0.1, 0.15) is 17.2 Å². The van der Waals surface area contributed by atoms with Crippen molar-refractivity contribution in [1.82, 2.24) is 10.3 Å². The van der Waals surface area contributed by atoms with Crippen molar-refractivity contribution in [2.45, 2.75) is 12.6 Å². The van der Waals surface area contributed by atoms with Crippen molar-refractivity contribution in [3.8, 4) is 17.6 Å². The maximum atomic E-state index is 9.36. The van der Waals surface area contributed by atoms with Crippen LogP contribution in [0.25, 0.3) is 0 Å². The van der Waals surface area contributed by atoms with Crippen molar-refractivity contribution in [3.63, 3.8) is 0 Å². The van der Waals surface area contributed by atoms with E-state index in [-0.39, 0.29) is 0 Å². The van der Waals surface area contributed by atoms with Gasteiger partial charge in [0, 0.05) is 18.9 Å². The van der Waals surface area contributed by atoms with Gasteiger partial charge in [0.15, 0.2) is 11.5 Å². The molecule has 1 unspecified atom stereocenters. The number of nitrogens with zero attached hydrogens (tertiary/aromatic N) is 2. The molecule has 0 saturated heterocycles. The molecule has 0 bridgehead atoms. The first-order valence-corrected chi connectivity index (χ1v) is 6.78. The van der Waals surface area contributed by atoms with Crippen LogP contribution in [0.3, 0.4) is 0 Å². The van der Waals surface area contributed by atoms with E-state index in [4.69, 9.17) is 9.47 Å². The van der Waals surface area contributed by atoms with E-state index in [0.29, 0.717) is 25.5 Å². The van der Waals surface area contributed by atoms with Gasteiger partial charge in [0.2, 0.25) is 0 Å². The predicted molar refractivity (Wildman–Crippen MR) is 76.9 cm³/mol. The lowest BCUT2D eigenvalue weighted by Gasteiger charge is -2.20. The highest BCUT2D eigenvalue weighted by Crippen LogP contribution is 2.32. The van der Waals surface area contributed by atoms with Crippen LogP contribution in [0.2, 0.25) is 0 Å². The van der Waals surface area contributed by atoms with Crippen LogP contribution >= 0.6 is 0 Å². The van der Waals surface area contributed by atoms with Crippen LogP contribution in [0.4, 0.5) is 0 Å². The average Bonchev–Trinajstić information content (AvgIpc) is 2.56. The van der Waals surface area contributed by atoms with Crippen molar-refractivity contribution in [1.29, 1.82) is 5.26 Å². The molecule has 0 amide bonds. The van der Waals surface area contributed by atoms with Crippen LogP contribution in [-0.2, 0) is 6.54 Å². The Bertz CT molecular complexity index is 652. The monoisotopic (exact) mass is 281 g/mol. The minimum Gasteiger partial charge on any atom is -0.486 e. The second-order valence-electron chi connectivity index (χ2n) is 4.70. The zero-order chi connectivity index (χ0) is 14.5. The summed E-state index contributed by atoms with van der Waals surface area (Å²) >= 11 is 0. The second-order valence-corrected chi connectivity index (χ2v) is 4.70. The SMILES string of the molecule is N#CC(NCc1ccncc1)c1ccc2c(c1)OCCO2. The number of ether oxygens (including phenoxy) is 2. The number of fused-ring (bicyclic) bond motifs is 1. The molecule has 0 spiro atoms. The molecular formula is C16H15N3O2. The molecule has 0 aliphatic carbocycles. The van der Waals surface area contributed by atoms with E-state index in [1.54, 1.807) is 12.4 Å². The summed E-state index contributed by atoms with van der Waals surface area (Å²) in [6.07, 6.45) is 3.48. The molecule has 0 radical (unpaired) electrons. The lowest BCUT2D eigenvalue weighted by Crippen LogP contribution is -2.20. The Morgan fingerprint density at radius 3 is 2.67 bits per heavy atom. The molecule has 1 atom stereocenters. The zero-order valence-electron chi connectivity index (χ0n) is 11.5. The molecule has 3 rings (SSSR count). The summed E-state index contributed by atoms with van der Waals surface area (Å²) in [6.45, 7) is 1.71. The highest BCUT2D eigenvalue weighted by molar-refractivity contribution is 5.45. The molecule has 5 nitrogen and oxygen atoms in total. The quantitative estimate of drug-likeness (QED) is 0.930. The Morgan fingerprint density at radius 2 is 1.90 bits per heavy atom. The molecule has 0 fully saturated rings. The first kappa shape index (κ1) is 13.4. The van der Waals surface area contributed by atoms with Crippen molar-refractivity contribution < 1.29 is 9.47 Å². The number of nitriles is 1. The molecule has 1 aliphatic heterocycles. The minimum atomic E-state index is -0.394. The first-order chi connectivity index (χ1) is 10.4. The van der Waals surface area contributed by atoms with Gasteiger partial charge in [-0.15, -0.1) is 0 Å². The fourth-order valence-electron chi connectivity index (χ4n) is 2.20. The topological polar surface area (TPSA) is 67.2 Å². The van der Waals surface area contributed by atoms with Gasteiger partial charge in [0.1, 0.15) is 19.3 Å².